The monoisotopic (exact) mass is 551 g/mol. The molecule has 0 radical (unpaired) electrons. The van der Waals surface area contributed by atoms with Crippen LogP contribution in [0.1, 0.15) is 5.82 Å². The lowest BCUT2D eigenvalue weighted by Crippen LogP contribution is -2.00. The summed E-state index contributed by atoms with van der Waals surface area (Å²) in [6.45, 7) is 1.94. The van der Waals surface area contributed by atoms with Crippen molar-refractivity contribution >= 4 is 0 Å². The van der Waals surface area contributed by atoms with E-state index in [-0.39, 0.29) is 0 Å². The van der Waals surface area contributed by atoms with E-state index in [9.17, 15) is 0 Å². The third-order valence-corrected chi connectivity index (χ3v) is 7.56. The minimum atomic E-state index is 0.656. The van der Waals surface area contributed by atoms with Crippen molar-refractivity contribution in [2.24, 2.45) is 0 Å². The van der Waals surface area contributed by atoms with E-state index in [0.717, 1.165) is 55.6 Å². The zero-order valence-electron chi connectivity index (χ0n) is 23.9. The molecule has 0 aliphatic rings. The van der Waals surface area contributed by atoms with E-state index in [4.69, 9.17) is 15.0 Å². The van der Waals surface area contributed by atoms with Gasteiger partial charge in [0.15, 0.2) is 11.6 Å². The number of nitrogens with zero attached hydrogens (tertiary/aromatic N) is 3. The van der Waals surface area contributed by atoms with Crippen LogP contribution in [-0.4, -0.2) is 15.0 Å². The van der Waals surface area contributed by atoms with E-state index >= 15 is 0 Å². The van der Waals surface area contributed by atoms with Crippen molar-refractivity contribution in [3.63, 3.8) is 0 Å². The van der Waals surface area contributed by atoms with Crippen LogP contribution < -0.4 is 0 Å². The molecule has 0 aliphatic heterocycles. The van der Waals surface area contributed by atoms with E-state index in [1.54, 1.807) is 0 Å². The first-order valence-corrected chi connectivity index (χ1v) is 14.4. The van der Waals surface area contributed by atoms with Gasteiger partial charge < -0.3 is 0 Å². The molecule has 0 unspecified atom stereocenters. The third kappa shape index (κ3) is 5.74. The van der Waals surface area contributed by atoms with Gasteiger partial charge in [-0.15, -0.1) is 0 Å². The highest BCUT2D eigenvalue weighted by Gasteiger charge is 2.14. The fourth-order valence-corrected chi connectivity index (χ4v) is 5.44. The van der Waals surface area contributed by atoms with Crippen molar-refractivity contribution in [2.75, 3.05) is 0 Å². The lowest BCUT2D eigenvalue weighted by molar-refractivity contribution is 0.992. The molecule has 1 heterocycles. The molecule has 0 aliphatic carbocycles. The molecule has 0 saturated heterocycles. The van der Waals surface area contributed by atoms with Crippen molar-refractivity contribution in [1.29, 1.82) is 0 Å². The summed E-state index contributed by atoms with van der Waals surface area (Å²) in [5.74, 6) is 1.99. The predicted molar refractivity (Wildman–Crippen MR) is 177 cm³/mol. The highest BCUT2D eigenvalue weighted by atomic mass is 15.0. The maximum absolute atomic E-state index is 5.09. The molecule has 204 valence electrons. The maximum Gasteiger partial charge on any atom is 0.163 e. The Labute approximate surface area is 252 Å². The summed E-state index contributed by atoms with van der Waals surface area (Å²) in [5.41, 5.74) is 11.0. The SMILES string of the molecule is Cc1nc(-c2cc(-c3ccccc3)cc(-c3ccccc3)c2)nc(-c2cc(-c3ccccc3)cc(-c3ccccc3)c2)n1. The van der Waals surface area contributed by atoms with Gasteiger partial charge in [-0.05, 0) is 87.8 Å². The Morgan fingerprint density at radius 1 is 0.279 bits per heavy atom. The van der Waals surface area contributed by atoms with Gasteiger partial charge in [0.1, 0.15) is 5.82 Å². The van der Waals surface area contributed by atoms with Gasteiger partial charge in [-0.2, -0.15) is 0 Å². The largest absolute Gasteiger partial charge is 0.213 e. The molecule has 0 bridgehead atoms. The van der Waals surface area contributed by atoms with Gasteiger partial charge in [0, 0.05) is 11.1 Å². The number of hydrogen-bond acceptors (Lipinski definition) is 3. The van der Waals surface area contributed by atoms with Crippen LogP contribution in [0.4, 0.5) is 0 Å². The number of benzene rings is 6. The summed E-state index contributed by atoms with van der Waals surface area (Å²) < 4.78 is 0. The van der Waals surface area contributed by atoms with Gasteiger partial charge in [0.05, 0.1) is 0 Å². The van der Waals surface area contributed by atoms with Crippen LogP contribution in [0.3, 0.4) is 0 Å². The van der Waals surface area contributed by atoms with Crippen LogP contribution in [-0.2, 0) is 0 Å². The lowest BCUT2D eigenvalue weighted by atomic mass is 9.95. The molecule has 0 spiro atoms. The Hall–Kier alpha value is -5.67. The van der Waals surface area contributed by atoms with E-state index in [1.807, 2.05) is 31.2 Å². The first-order chi connectivity index (χ1) is 21.2. The lowest BCUT2D eigenvalue weighted by Gasteiger charge is -2.13. The Kier molecular flexibility index (Phi) is 7.12. The zero-order chi connectivity index (χ0) is 29.0. The van der Waals surface area contributed by atoms with Crippen molar-refractivity contribution in [3.05, 3.63) is 164 Å². The second kappa shape index (κ2) is 11.7. The molecule has 7 aromatic rings. The van der Waals surface area contributed by atoms with Crippen LogP contribution in [0.2, 0.25) is 0 Å². The molecule has 0 saturated carbocycles. The van der Waals surface area contributed by atoms with Crippen LogP contribution in [0.5, 0.6) is 0 Å². The second-order valence-corrected chi connectivity index (χ2v) is 10.6. The van der Waals surface area contributed by atoms with Crippen LogP contribution in [0.25, 0.3) is 67.3 Å². The minimum absolute atomic E-state index is 0.656. The molecule has 0 atom stereocenters. The molecule has 7 rings (SSSR count). The van der Waals surface area contributed by atoms with E-state index in [2.05, 4.69) is 133 Å². The molecule has 1 aromatic heterocycles. The predicted octanol–water partition coefficient (Wildman–Crippen LogP) is 10.2. The smallest absolute Gasteiger partial charge is 0.163 e. The van der Waals surface area contributed by atoms with Gasteiger partial charge >= 0.3 is 0 Å². The average molecular weight is 552 g/mol. The molecule has 0 fully saturated rings. The first-order valence-electron chi connectivity index (χ1n) is 14.4. The molecule has 0 amide bonds. The fourth-order valence-electron chi connectivity index (χ4n) is 5.44. The normalized spacial score (nSPS) is 10.9. The van der Waals surface area contributed by atoms with Crippen molar-refractivity contribution in [1.82, 2.24) is 15.0 Å². The Balaban J connectivity index is 1.40. The van der Waals surface area contributed by atoms with Gasteiger partial charge in [-0.3, -0.25) is 0 Å². The standard InChI is InChI=1S/C40H29N3/c1-28-41-39(37-24-33(29-14-6-2-7-15-29)22-34(25-37)30-16-8-3-9-17-30)43-40(42-28)38-26-35(31-18-10-4-11-19-31)23-36(27-38)32-20-12-5-13-21-32/h2-27H,1H3. The number of aromatic nitrogens is 3. The summed E-state index contributed by atoms with van der Waals surface area (Å²) in [5, 5.41) is 0. The van der Waals surface area contributed by atoms with Crippen LogP contribution >= 0.6 is 0 Å². The number of hydrogen-bond donors (Lipinski definition) is 0. The zero-order valence-corrected chi connectivity index (χ0v) is 23.9. The summed E-state index contributed by atoms with van der Waals surface area (Å²) in [7, 11) is 0. The number of rotatable bonds is 6. The molecule has 3 nitrogen and oxygen atoms in total. The summed E-state index contributed by atoms with van der Waals surface area (Å²) in [6, 6.07) is 55.0. The van der Waals surface area contributed by atoms with E-state index in [1.165, 1.54) is 0 Å². The average Bonchev–Trinajstić information content (AvgIpc) is 3.09. The minimum Gasteiger partial charge on any atom is -0.213 e. The molecule has 3 heteroatoms. The third-order valence-electron chi connectivity index (χ3n) is 7.56. The summed E-state index contributed by atoms with van der Waals surface area (Å²) >= 11 is 0. The summed E-state index contributed by atoms with van der Waals surface area (Å²) in [6.07, 6.45) is 0. The molecular formula is C40H29N3. The maximum atomic E-state index is 5.09. The highest BCUT2D eigenvalue weighted by Crippen LogP contribution is 2.34. The molecule has 43 heavy (non-hydrogen) atoms. The Bertz CT molecular complexity index is 1740. The van der Waals surface area contributed by atoms with Crippen molar-refractivity contribution in [2.45, 2.75) is 6.92 Å². The van der Waals surface area contributed by atoms with Gasteiger partial charge in [0.25, 0.3) is 0 Å². The molecule has 0 N–H and O–H groups in total. The second-order valence-electron chi connectivity index (χ2n) is 10.6. The number of aryl methyl sites for hydroxylation is 1. The molecular weight excluding hydrogens is 522 g/mol. The Morgan fingerprint density at radius 2 is 0.535 bits per heavy atom. The van der Waals surface area contributed by atoms with Crippen LogP contribution in [0, 0.1) is 6.92 Å². The van der Waals surface area contributed by atoms with E-state index < -0.39 is 0 Å². The quantitative estimate of drug-likeness (QED) is 0.206. The highest BCUT2D eigenvalue weighted by molar-refractivity contribution is 5.82. The van der Waals surface area contributed by atoms with E-state index in [0.29, 0.717) is 17.5 Å². The van der Waals surface area contributed by atoms with Gasteiger partial charge in [-0.25, -0.2) is 15.0 Å². The van der Waals surface area contributed by atoms with Gasteiger partial charge in [-0.1, -0.05) is 121 Å². The van der Waals surface area contributed by atoms with Crippen LogP contribution in [0.15, 0.2) is 158 Å². The van der Waals surface area contributed by atoms with Crippen molar-refractivity contribution < 1.29 is 0 Å². The Morgan fingerprint density at radius 3 is 0.814 bits per heavy atom. The topological polar surface area (TPSA) is 38.7 Å². The first kappa shape index (κ1) is 26.2. The molecule has 6 aromatic carbocycles. The van der Waals surface area contributed by atoms with Gasteiger partial charge in [0.2, 0.25) is 0 Å². The summed E-state index contributed by atoms with van der Waals surface area (Å²) in [4.78, 5) is 14.8. The fraction of sp³-hybridized carbons (Fsp3) is 0.0250. The van der Waals surface area contributed by atoms with Crippen molar-refractivity contribution in [3.8, 4) is 67.3 Å².